The minimum atomic E-state index is -0.0126. The summed E-state index contributed by atoms with van der Waals surface area (Å²) in [6, 6.07) is 2.13. The molecule has 0 saturated carbocycles. The molecule has 2 N–H and O–H groups in total. The van der Waals surface area contributed by atoms with Crippen LogP contribution in [0, 0.1) is 13.8 Å². The van der Waals surface area contributed by atoms with E-state index in [0.29, 0.717) is 26.2 Å². The lowest BCUT2D eigenvalue weighted by atomic mass is 10.1. The molecule has 6 heteroatoms. The van der Waals surface area contributed by atoms with Gasteiger partial charge in [-0.1, -0.05) is 0 Å². The number of aromatic nitrogens is 1. The van der Waals surface area contributed by atoms with E-state index in [1.807, 2.05) is 33.8 Å². The van der Waals surface area contributed by atoms with Crippen LogP contribution < -0.4 is 10.2 Å². The van der Waals surface area contributed by atoms with Gasteiger partial charge in [0.05, 0.1) is 19.2 Å². The zero-order valence-corrected chi connectivity index (χ0v) is 15.9. The van der Waals surface area contributed by atoms with Crippen LogP contribution in [0.15, 0.2) is 6.07 Å². The van der Waals surface area contributed by atoms with Crippen molar-refractivity contribution in [3.63, 3.8) is 0 Å². The minimum Gasteiger partial charge on any atom is -0.383 e. The van der Waals surface area contributed by atoms with E-state index in [9.17, 15) is 9.59 Å². The monoisotopic (exact) mass is 338 g/mol. The third kappa shape index (κ3) is 5.18. The number of quaternary nitrogens is 1. The first-order valence-corrected chi connectivity index (χ1v) is 8.66. The molecule has 1 aromatic heterocycles. The van der Waals surface area contributed by atoms with E-state index < -0.39 is 0 Å². The molecule has 0 saturated heterocycles. The molecule has 0 bridgehead atoms. The van der Waals surface area contributed by atoms with Crippen LogP contribution in [0.25, 0.3) is 0 Å². The highest BCUT2D eigenvalue weighted by atomic mass is 16.5. The predicted octanol–water partition coefficient (Wildman–Crippen LogP) is 0.536. The number of aryl methyl sites for hydroxylation is 1. The topological polar surface area (TPSA) is 64.8 Å². The normalized spacial score (nSPS) is 13.6. The number of likely N-dealkylation sites (N-methyl/N-ethyl adjacent to an activating group) is 2. The van der Waals surface area contributed by atoms with Gasteiger partial charge < -0.3 is 19.5 Å². The van der Waals surface area contributed by atoms with Gasteiger partial charge in [0.1, 0.15) is 6.54 Å². The second kappa shape index (κ2) is 9.59. The Kier molecular flexibility index (Phi) is 8.15. The van der Waals surface area contributed by atoms with Crippen LogP contribution >= 0.6 is 0 Å². The average molecular weight is 338 g/mol. The van der Waals surface area contributed by atoms with Crippen molar-refractivity contribution in [3.8, 4) is 0 Å². The fourth-order valence-electron chi connectivity index (χ4n) is 3.17. The van der Waals surface area contributed by atoms with E-state index in [0.717, 1.165) is 28.4 Å². The highest BCUT2D eigenvalue weighted by molar-refractivity contribution is 5.98. The first-order chi connectivity index (χ1) is 11.3. The van der Waals surface area contributed by atoms with Gasteiger partial charge in [0.2, 0.25) is 5.78 Å². The predicted molar refractivity (Wildman–Crippen MR) is 94.7 cm³/mol. The summed E-state index contributed by atoms with van der Waals surface area (Å²) in [7, 11) is 1.68. The lowest BCUT2D eigenvalue weighted by Crippen LogP contribution is -3.13. The Hall–Kier alpha value is -1.66. The molecule has 0 fully saturated rings. The lowest BCUT2D eigenvalue weighted by molar-refractivity contribution is -0.881. The highest BCUT2D eigenvalue weighted by Crippen LogP contribution is 2.20. The summed E-state index contributed by atoms with van der Waals surface area (Å²) in [6.45, 7) is 12.6. The number of amides is 1. The number of ether oxygens (including phenoxy) is 1. The molecule has 1 rings (SSSR count). The second-order valence-electron chi connectivity index (χ2n) is 6.29. The molecule has 2 atom stereocenters. The third-order valence-electron chi connectivity index (χ3n) is 4.33. The van der Waals surface area contributed by atoms with Gasteiger partial charge in [-0.2, -0.15) is 0 Å². The smallest absolute Gasteiger partial charge is 0.275 e. The first kappa shape index (κ1) is 20.4. The van der Waals surface area contributed by atoms with E-state index >= 15 is 0 Å². The molecule has 136 valence electrons. The number of carbonyl (C=O) groups excluding carboxylic acids is 2. The molecule has 0 radical (unpaired) electrons. The SMILES string of the molecule is CCNC(=O)C[NH+](CC)CC(=O)c1cc(C)n([C@@H](C)COC)c1C. The molecule has 0 aliphatic rings. The van der Waals surface area contributed by atoms with Crippen LogP contribution in [-0.2, 0) is 9.53 Å². The summed E-state index contributed by atoms with van der Waals surface area (Å²) in [5.41, 5.74) is 2.77. The van der Waals surface area contributed by atoms with Crippen LogP contribution in [0.2, 0.25) is 0 Å². The number of hydrogen-bond acceptors (Lipinski definition) is 3. The average Bonchev–Trinajstić information content (AvgIpc) is 2.81. The maximum Gasteiger partial charge on any atom is 0.275 e. The zero-order chi connectivity index (χ0) is 18.3. The number of carbonyl (C=O) groups is 2. The highest BCUT2D eigenvalue weighted by Gasteiger charge is 2.23. The molecular weight excluding hydrogens is 306 g/mol. The van der Waals surface area contributed by atoms with Gasteiger partial charge in [0, 0.05) is 30.6 Å². The van der Waals surface area contributed by atoms with Crippen LogP contribution in [0.5, 0.6) is 0 Å². The summed E-state index contributed by atoms with van der Waals surface area (Å²) < 4.78 is 7.38. The second-order valence-corrected chi connectivity index (χ2v) is 6.29. The van der Waals surface area contributed by atoms with Gasteiger partial charge in [-0.05, 0) is 40.7 Å². The van der Waals surface area contributed by atoms with E-state index in [2.05, 4.69) is 16.8 Å². The Morgan fingerprint density at radius 1 is 1.29 bits per heavy atom. The molecule has 0 aliphatic heterocycles. The van der Waals surface area contributed by atoms with E-state index in [4.69, 9.17) is 4.74 Å². The number of rotatable bonds is 10. The number of hydrogen-bond donors (Lipinski definition) is 2. The molecule has 1 aromatic rings. The van der Waals surface area contributed by atoms with Crippen LogP contribution in [0.3, 0.4) is 0 Å². The van der Waals surface area contributed by atoms with Gasteiger partial charge in [0.15, 0.2) is 6.54 Å². The number of nitrogens with zero attached hydrogens (tertiary/aromatic N) is 1. The van der Waals surface area contributed by atoms with Crippen molar-refractivity contribution in [3.05, 3.63) is 23.0 Å². The number of methoxy groups -OCH3 is 1. The fourth-order valence-corrected chi connectivity index (χ4v) is 3.17. The van der Waals surface area contributed by atoms with Crippen molar-refractivity contribution in [1.82, 2.24) is 9.88 Å². The molecular formula is C18H32N3O3+. The van der Waals surface area contributed by atoms with E-state index in [1.54, 1.807) is 7.11 Å². The van der Waals surface area contributed by atoms with Crippen molar-refractivity contribution < 1.29 is 19.2 Å². The van der Waals surface area contributed by atoms with Crippen molar-refractivity contribution in [1.29, 1.82) is 0 Å². The largest absolute Gasteiger partial charge is 0.383 e. The lowest BCUT2D eigenvalue weighted by Gasteiger charge is -2.18. The number of nitrogens with one attached hydrogen (secondary N) is 2. The summed E-state index contributed by atoms with van der Waals surface area (Å²) in [5.74, 6) is 0.0708. The molecule has 0 spiro atoms. The molecule has 6 nitrogen and oxygen atoms in total. The van der Waals surface area contributed by atoms with Gasteiger partial charge in [-0.3, -0.25) is 9.59 Å². The Morgan fingerprint density at radius 2 is 1.96 bits per heavy atom. The van der Waals surface area contributed by atoms with Crippen LogP contribution in [0.1, 0.15) is 48.6 Å². The van der Waals surface area contributed by atoms with Crippen LogP contribution in [0.4, 0.5) is 0 Å². The first-order valence-electron chi connectivity index (χ1n) is 8.66. The number of Topliss-reactive ketones (excluding diaryl/α,β-unsaturated/α-hetero) is 1. The van der Waals surface area contributed by atoms with Crippen molar-refractivity contribution in [2.24, 2.45) is 0 Å². The quantitative estimate of drug-likeness (QED) is 0.612. The third-order valence-corrected chi connectivity index (χ3v) is 4.33. The Balaban J connectivity index is 2.87. The summed E-state index contributed by atoms with van der Waals surface area (Å²) >= 11 is 0. The molecule has 24 heavy (non-hydrogen) atoms. The molecule has 1 amide bonds. The maximum atomic E-state index is 12.7. The van der Waals surface area contributed by atoms with Gasteiger partial charge in [0.25, 0.3) is 5.91 Å². The summed E-state index contributed by atoms with van der Waals surface area (Å²) in [5, 5.41) is 2.79. The van der Waals surface area contributed by atoms with Crippen molar-refractivity contribution >= 4 is 11.7 Å². The summed E-state index contributed by atoms with van der Waals surface area (Å²) in [4.78, 5) is 25.5. The van der Waals surface area contributed by atoms with Gasteiger partial charge in [-0.15, -0.1) is 0 Å². The minimum absolute atomic E-state index is 0.0126. The molecule has 1 heterocycles. The number of ketones is 1. The Labute approximate surface area is 145 Å². The van der Waals surface area contributed by atoms with E-state index in [1.165, 1.54) is 0 Å². The van der Waals surface area contributed by atoms with Crippen molar-refractivity contribution in [2.75, 3.05) is 39.9 Å². The van der Waals surface area contributed by atoms with Gasteiger partial charge in [-0.25, -0.2) is 0 Å². The molecule has 1 unspecified atom stereocenters. The summed E-state index contributed by atoms with van der Waals surface area (Å²) in [6.07, 6.45) is 0. The maximum absolute atomic E-state index is 12.7. The van der Waals surface area contributed by atoms with Gasteiger partial charge >= 0.3 is 0 Å². The standard InChI is InChI=1S/C18H31N3O3/c1-7-19-18(23)11-20(8-2)10-17(22)16-9-13(3)21(15(16)5)14(4)12-24-6/h9,14H,7-8,10-12H2,1-6H3,(H,19,23)/p+1/t14-/m0/s1. The Morgan fingerprint density at radius 3 is 2.50 bits per heavy atom. The zero-order valence-electron chi connectivity index (χ0n) is 15.9. The molecule has 0 aromatic carbocycles. The van der Waals surface area contributed by atoms with Crippen molar-refractivity contribution in [2.45, 2.75) is 40.7 Å². The molecule has 0 aliphatic carbocycles. The Bertz CT molecular complexity index is 566. The fraction of sp³-hybridized carbons (Fsp3) is 0.667. The van der Waals surface area contributed by atoms with Crippen LogP contribution in [-0.4, -0.2) is 56.2 Å². The van der Waals surface area contributed by atoms with E-state index in [-0.39, 0.29) is 17.7 Å².